The molecule has 6 nitrogen and oxygen atoms in total. The first-order valence-electron chi connectivity index (χ1n) is 5.04. The number of carboxylic acid groups (broad SMARTS) is 1. The molecule has 1 N–H and O–H groups in total. The summed E-state index contributed by atoms with van der Waals surface area (Å²) in [5.74, 6) is -1.06. The van der Waals surface area contributed by atoms with Gasteiger partial charge in [-0.05, 0) is 23.9 Å². The molecule has 98 valence electrons. The molecular formula is C11H8ClN3O3S. The molecule has 0 saturated carbocycles. The molecule has 8 heteroatoms. The molecule has 0 radical (unpaired) electrons. The Morgan fingerprint density at radius 3 is 2.89 bits per heavy atom. The first kappa shape index (κ1) is 13.6. The second kappa shape index (κ2) is 5.85. The van der Waals surface area contributed by atoms with Crippen LogP contribution in [0.1, 0.15) is 10.4 Å². The zero-order valence-electron chi connectivity index (χ0n) is 9.70. The van der Waals surface area contributed by atoms with E-state index in [-0.39, 0.29) is 11.6 Å². The number of hydrogen-bond acceptors (Lipinski definition) is 6. The van der Waals surface area contributed by atoms with Gasteiger partial charge in [0.2, 0.25) is 0 Å². The maximum Gasteiger partial charge on any atom is 0.338 e. The van der Waals surface area contributed by atoms with Crippen molar-refractivity contribution in [2.24, 2.45) is 0 Å². The first-order valence-corrected chi connectivity index (χ1v) is 6.24. The third kappa shape index (κ3) is 3.12. The van der Waals surface area contributed by atoms with Crippen LogP contribution in [0.25, 0.3) is 0 Å². The third-order valence-electron chi connectivity index (χ3n) is 2.07. The van der Waals surface area contributed by atoms with E-state index in [0.29, 0.717) is 15.1 Å². The van der Waals surface area contributed by atoms with Crippen LogP contribution >= 0.6 is 23.4 Å². The Morgan fingerprint density at radius 1 is 1.42 bits per heavy atom. The fourth-order valence-electron chi connectivity index (χ4n) is 1.23. The number of hydrogen-bond donors (Lipinski definition) is 1. The smallest absolute Gasteiger partial charge is 0.338 e. The molecule has 0 unspecified atom stereocenters. The molecule has 19 heavy (non-hydrogen) atoms. The maximum atomic E-state index is 11.1. The first-order chi connectivity index (χ1) is 9.11. The second-order valence-corrected chi connectivity index (χ2v) is 4.66. The predicted octanol–water partition coefficient (Wildman–Crippen LogP) is 2.38. The average molecular weight is 298 g/mol. The lowest BCUT2D eigenvalue weighted by molar-refractivity contribution is 0.0692. The van der Waals surface area contributed by atoms with Crippen molar-refractivity contribution < 1.29 is 14.6 Å². The molecule has 0 aromatic carbocycles. The van der Waals surface area contributed by atoms with Gasteiger partial charge in [-0.2, -0.15) is 4.98 Å². The van der Waals surface area contributed by atoms with Gasteiger partial charge in [0.25, 0.3) is 0 Å². The fraction of sp³-hybridized carbons (Fsp3) is 0.0909. The Kier molecular flexibility index (Phi) is 4.18. The SMILES string of the molecule is COc1ncc(Cl)c(Sc2ncccc2C(=O)O)n1. The van der Waals surface area contributed by atoms with Crippen molar-refractivity contribution >= 4 is 29.3 Å². The van der Waals surface area contributed by atoms with E-state index in [1.165, 1.54) is 25.6 Å². The molecule has 0 atom stereocenters. The van der Waals surface area contributed by atoms with Crippen LogP contribution in [0.2, 0.25) is 5.02 Å². The quantitative estimate of drug-likeness (QED) is 0.867. The molecule has 0 saturated heterocycles. The molecule has 2 rings (SSSR count). The average Bonchev–Trinajstić information content (AvgIpc) is 2.41. The summed E-state index contributed by atoms with van der Waals surface area (Å²) in [5.41, 5.74) is 0.0844. The minimum atomic E-state index is -1.06. The number of pyridine rings is 1. The second-order valence-electron chi connectivity index (χ2n) is 3.27. The van der Waals surface area contributed by atoms with E-state index in [0.717, 1.165) is 11.8 Å². The lowest BCUT2D eigenvalue weighted by atomic mass is 10.3. The fourth-order valence-corrected chi connectivity index (χ4v) is 2.28. The van der Waals surface area contributed by atoms with Crippen LogP contribution in [-0.4, -0.2) is 33.1 Å². The van der Waals surface area contributed by atoms with Crippen molar-refractivity contribution in [2.75, 3.05) is 7.11 Å². The van der Waals surface area contributed by atoms with Gasteiger partial charge in [0, 0.05) is 6.20 Å². The molecule has 2 heterocycles. The highest BCUT2D eigenvalue weighted by atomic mass is 35.5. The van der Waals surface area contributed by atoms with Gasteiger partial charge < -0.3 is 9.84 Å². The van der Waals surface area contributed by atoms with Gasteiger partial charge in [0.1, 0.15) is 10.1 Å². The maximum absolute atomic E-state index is 11.1. The topological polar surface area (TPSA) is 85.2 Å². The summed E-state index contributed by atoms with van der Waals surface area (Å²) in [4.78, 5) is 23.0. The van der Waals surface area contributed by atoms with Crippen LogP contribution in [0.3, 0.4) is 0 Å². The van der Waals surface area contributed by atoms with Crippen LogP contribution < -0.4 is 4.74 Å². The zero-order valence-corrected chi connectivity index (χ0v) is 11.3. The van der Waals surface area contributed by atoms with Crippen LogP contribution in [0.5, 0.6) is 6.01 Å². The molecule has 2 aromatic rings. The highest BCUT2D eigenvalue weighted by Crippen LogP contribution is 2.32. The predicted molar refractivity (Wildman–Crippen MR) is 68.9 cm³/mol. The van der Waals surface area contributed by atoms with Crippen LogP contribution in [-0.2, 0) is 0 Å². The summed E-state index contributed by atoms with van der Waals surface area (Å²) in [5, 5.41) is 10.1. The molecule has 0 spiro atoms. The van der Waals surface area contributed by atoms with Gasteiger partial charge in [-0.3, -0.25) is 0 Å². The highest BCUT2D eigenvalue weighted by molar-refractivity contribution is 7.99. The summed E-state index contributed by atoms with van der Waals surface area (Å²) in [6.07, 6.45) is 2.89. The number of carbonyl (C=O) groups is 1. The van der Waals surface area contributed by atoms with Crippen LogP contribution in [0.4, 0.5) is 0 Å². The Morgan fingerprint density at radius 2 is 2.21 bits per heavy atom. The number of ether oxygens (including phenoxy) is 1. The highest BCUT2D eigenvalue weighted by Gasteiger charge is 2.15. The number of carboxylic acids is 1. The van der Waals surface area contributed by atoms with Crippen molar-refractivity contribution in [1.82, 2.24) is 15.0 Å². The Balaban J connectivity index is 2.38. The largest absolute Gasteiger partial charge is 0.478 e. The molecular weight excluding hydrogens is 290 g/mol. The summed E-state index contributed by atoms with van der Waals surface area (Å²) in [7, 11) is 1.43. The van der Waals surface area contributed by atoms with Gasteiger partial charge in [0.15, 0.2) is 0 Å². The van der Waals surface area contributed by atoms with E-state index in [4.69, 9.17) is 21.4 Å². The molecule has 0 fully saturated rings. The van der Waals surface area contributed by atoms with Crippen molar-refractivity contribution in [3.63, 3.8) is 0 Å². The molecule has 0 bridgehead atoms. The normalized spacial score (nSPS) is 10.2. The van der Waals surface area contributed by atoms with Crippen molar-refractivity contribution in [3.8, 4) is 6.01 Å². The molecule has 0 aliphatic heterocycles. The summed E-state index contributed by atoms with van der Waals surface area (Å²) >= 11 is 7.00. The van der Waals surface area contributed by atoms with E-state index in [1.54, 1.807) is 6.07 Å². The summed E-state index contributed by atoms with van der Waals surface area (Å²) in [6.45, 7) is 0. The number of halogens is 1. The molecule has 0 aliphatic rings. The minimum absolute atomic E-state index is 0.0844. The van der Waals surface area contributed by atoms with Gasteiger partial charge in [-0.25, -0.2) is 14.8 Å². The van der Waals surface area contributed by atoms with Crippen molar-refractivity contribution in [2.45, 2.75) is 10.1 Å². The van der Waals surface area contributed by atoms with Gasteiger partial charge in [-0.15, -0.1) is 0 Å². The van der Waals surface area contributed by atoms with Gasteiger partial charge >= 0.3 is 12.0 Å². The Bertz CT molecular complexity index is 624. The lowest BCUT2D eigenvalue weighted by Crippen LogP contribution is -2.01. The van der Waals surface area contributed by atoms with Gasteiger partial charge in [0.05, 0.1) is 23.9 Å². The van der Waals surface area contributed by atoms with Gasteiger partial charge in [-0.1, -0.05) is 11.6 Å². The lowest BCUT2D eigenvalue weighted by Gasteiger charge is -2.06. The minimum Gasteiger partial charge on any atom is -0.478 e. The van der Waals surface area contributed by atoms with E-state index in [2.05, 4.69) is 15.0 Å². The molecule has 2 aromatic heterocycles. The van der Waals surface area contributed by atoms with Crippen molar-refractivity contribution in [1.29, 1.82) is 0 Å². The number of nitrogens with zero attached hydrogens (tertiary/aromatic N) is 3. The number of aromatic nitrogens is 3. The van der Waals surface area contributed by atoms with Crippen LogP contribution in [0, 0.1) is 0 Å². The Labute approximate surface area is 117 Å². The third-order valence-corrected chi connectivity index (χ3v) is 3.48. The summed E-state index contributed by atoms with van der Waals surface area (Å²) in [6, 6.07) is 3.17. The standard InChI is InChI=1S/C11H8ClN3O3S/c1-18-11-14-5-7(12)9(15-11)19-8-6(10(16)17)3-2-4-13-8/h2-5H,1H3,(H,16,17). The van der Waals surface area contributed by atoms with Crippen molar-refractivity contribution in [3.05, 3.63) is 35.1 Å². The monoisotopic (exact) mass is 297 g/mol. The van der Waals surface area contributed by atoms with E-state index >= 15 is 0 Å². The number of rotatable bonds is 4. The van der Waals surface area contributed by atoms with E-state index < -0.39 is 5.97 Å². The van der Waals surface area contributed by atoms with Crippen LogP contribution in [0.15, 0.2) is 34.6 Å². The number of aromatic carboxylic acids is 1. The number of methoxy groups -OCH3 is 1. The zero-order chi connectivity index (χ0) is 13.8. The Hall–Kier alpha value is -1.86. The molecule has 0 amide bonds. The van der Waals surface area contributed by atoms with E-state index in [1.807, 2.05) is 0 Å². The molecule has 0 aliphatic carbocycles. The summed E-state index contributed by atoms with van der Waals surface area (Å²) < 4.78 is 4.89. The van der Waals surface area contributed by atoms with E-state index in [9.17, 15) is 4.79 Å².